The molecule has 0 radical (unpaired) electrons. The van der Waals surface area contributed by atoms with Gasteiger partial charge in [-0.05, 0) is 33.1 Å². The number of amides is 1. The summed E-state index contributed by atoms with van der Waals surface area (Å²) >= 11 is 0. The zero-order valence-corrected chi connectivity index (χ0v) is 9.77. The Morgan fingerprint density at radius 1 is 1.38 bits per heavy atom. The van der Waals surface area contributed by atoms with Gasteiger partial charge in [0.2, 0.25) is 0 Å². The third kappa shape index (κ3) is 1.86. The smallest absolute Gasteiger partial charge is 0.410 e. The molecular weight excluding hydrogens is 210 g/mol. The normalized spacial score (nSPS) is 32.2. The summed E-state index contributed by atoms with van der Waals surface area (Å²) in [5.41, 5.74) is -0.525. The summed E-state index contributed by atoms with van der Waals surface area (Å²) < 4.78 is 5.24. The number of fused-ring (bicyclic) bond motifs is 1. The Morgan fingerprint density at radius 3 is 2.44 bits per heavy atom. The summed E-state index contributed by atoms with van der Waals surface area (Å²) in [6.07, 6.45) is 0.393. The number of carbonyl (C=O) groups is 2. The van der Waals surface area contributed by atoms with Crippen molar-refractivity contribution in [3.8, 4) is 0 Å². The summed E-state index contributed by atoms with van der Waals surface area (Å²) in [5.74, 6) is -1.03. The highest BCUT2D eigenvalue weighted by Crippen LogP contribution is 2.51. The van der Waals surface area contributed by atoms with Gasteiger partial charge < -0.3 is 14.7 Å². The van der Waals surface area contributed by atoms with Gasteiger partial charge in [-0.1, -0.05) is 0 Å². The molecule has 1 saturated carbocycles. The summed E-state index contributed by atoms with van der Waals surface area (Å²) in [7, 11) is 0. The molecule has 1 aliphatic carbocycles. The van der Waals surface area contributed by atoms with Crippen LogP contribution in [0.3, 0.4) is 0 Å². The van der Waals surface area contributed by atoms with Gasteiger partial charge >= 0.3 is 12.1 Å². The molecule has 2 rings (SSSR count). The van der Waals surface area contributed by atoms with Gasteiger partial charge in [0, 0.05) is 6.54 Å². The Labute approximate surface area is 94.4 Å². The fourth-order valence-corrected chi connectivity index (χ4v) is 2.43. The molecule has 0 aromatic heterocycles. The Bertz CT molecular complexity index is 333. The maximum Gasteiger partial charge on any atom is 0.410 e. The second-order valence-corrected chi connectivity index (χ2v) is 5.48. The lowest BCUT2D eigenvalue weighted by atomic mass is 10.2. The topological polar surface area (TPSA) is 66.8 Å². The standard InChI is InChI=1S/C11H17NO4/c1-11(2,3)16-10(15)12-5-4-6-7(8(6)12)9(13)14/h6-8H,4-5H2,1-3H3,(H,13,14)/t6-,7-,8-/m0/s1. The molecule has 90 valence electrons. The van der Waals surface area contributed by atoms with E-state index in [1.54, 1.807) is 25.7 Å². The van der Waals surface area contributed by atoms with E-state index in [0.717, 1.165) is 6.42 Å². The van der Waals surface area contributed by atoms with E-state index in [2.05, 4.69) is 0 Å². The van der Waals surface area contributed by atoms with Crippen molar-refractivity contribution in [2.75, 3.05) is 6.54 Å². The molecule has 1 amide bonds. The largest absolute Gasteiger partial charge is 0.481 e. The highest BCUT2D eigenvalue weighted by atomic mass is 16.6. The number of piperidine rings is 1. The third-order valence-corrected chi connectivity index (χ3v) is 3.10. The molecule has 1 aliphatic heterocycles. The lowest BCUT2D eigenvalue weighted by Crippen LogP contribution is -2.38. The van der Waals surface area contributed by atoms with E-state index in [1.165, 1.54) is 0 Å². The van der Waals surface area contributed by atoms with Gasteiger partial charge in [-0.25, -0.2) is 4.79 Å². The maximum absolute atomic E-state index is 11.8. The lowest BCUT2D eigenvalue weighted by Gasteiger charge is -2.25. The van der Waals surface area contributed by atoms with Crippen LogP contribution in [0, 0.1) is 11.8 Å². The van der Waals surface area contributed by atoms with Crippen molar-refractivity contribution < 1.29 is 19.4 Å². The van der Waals surface area contributed by atoms with Crippen LogP contribution in [-0.4, -0.2) is 40.3 Å². The minimum atomic E-state index is -0.803. The number of aliphatic carboxylic acids is 1. The molecule has 0 bridgehead atoms. The van der Waals surface area contributed by atoms with Crippen LogP contribution in [-0.2, 0) is 9.53 Å². The van der Waals surface area contributed by atoms with E-state index < -0.39 is 11.6 Å². The number of carboxylic acids is 1. The van der Waals surface area contributed by atoms with Crippen LogP contribution in [0.5, 0.6) is 0 Å². The van der Waals surface area contributed by atoms with Crippen LogP contribution in [0.1, 0.15) is 27.2 Å². The quantitative estimate of drug-likeness (QED) is 0.733. The van der Waals surface area contributed by atoms with E-state index in [4.69, 9.17) is 9.84 Å². The number of ether oxygens (including phenoxy) is 1. The lowest BCUT2D eigenvalue weighted by molar-refractivity contribution is -0.139. The minimum Gasteiger partial charge on any atom is -0.481 e. The number of nitrogens with zero attached hydrogens (tertiary/aromatic N) is 1. The number of hydrogen-bond acceptors (Lipinski definition) is 3. The van der Waals surface area contributed by atoms with Gasteiger partial charge in [0.25, 0.3) is 0 Å². The number of carbonyl (C=O) groups excluding carboxylic acids is 1. The molecule has 0 unspecified atom stereocenters. The number of carboxylic acid groups (broad SMARTS) is 1. The monoisotopic (exact) mass is 227 g/mol. The first-order chi connectivity index (χ1) is 7.31. The van der Waals surface area contributed by atoms with E-state index in [9.17, 15) is 9.59 Å². The Morgan fingerprint density at radius 2 is 2.00 bits per heavy atom. The molecule has 1 N–H and O–H groups in total. The summed E-state index contributed by atoms with van der Waals surface area (Å²) in [6.45, 7) is 6.04. The predicted octanol–water partition coefficient (Wildman–Crippen LogP) is 1.33. The zero-order valence-electron chi connectivity index (χ0n) is 9.77. The average Bonchev–Trinajstić information content (AvgIpc) is 2.64. The molecule has 0 spiro atoms. The number of likely N-dealkylation sites (tertiary alicyclic amines) is 1. The second kappa shape index (κ2) is 3.37. The van der Waals surface area contributed by atoms with Crippen LogP contribution < -0.4 is 0 Å². The fourth-order valence-electron chi connectivity index (χ4n) is 2.43. The second-order valence-electron chi connectivity index (χ2n) is 5.48. The SMILES string of the molecule is CC(C)(C)OC(=O)N1CC[C@H]2[C@H](C(=O)O)[C@H]21. The highest BCUT2D eigenvalue weighted by molar-refractivity contribution is 5.79. The maximum atomic E-state index is 11.8. The van der Waals surface area contributed by atoms with Crippen LogP contribution in [0.15, 0.2) is 0 Å². The van der Waals surface area contributed by atoms with Gasteiger partial charge in [-0.15, -0.1) is 0 Å². The van der Waals surface area contributed by atoms with E-state index in [-0.39, 0.29) is 24.0 Å². The van der Waals surface area contributed by atoms with Gasteiger partial charge in [0.1, 0.15) is 5.60 Å². The van der Waals surface area contributed by atoms with Crippen LogP contribution in [0.25, 0.3) is 0 Å². The first-order valence-corrected chi connectivity index (χ1v) is 5.54. The first-order valence-electron chi connectivity index (χ1n) is 5.54. The Kier molecular flexibility index (Phi) is 2.36. The predicted molar refractivity (Wildman–Crippen MR) is 56.0 cm³/mol. The summed E-state index contributed by atoms with van der Waals surface area (Å²) in [6, 6.07) is -0.132. The molecule has 1 heterocycles. The van der Waals surface area contributed by atoms with Crippen LogP contribution in [0.4, 0.5) is 4.79 Å². The van der Waals surface area contributed by atoms with Crippen molar-refractivity contribution in [2.24, 2.45) is 11.8 Å². The molecule has 0 aromatic rings. The Hall–Kier alpha value is -1.26. The molecular formula is C11H17NO4. The van der Waals surface area contributed by atoms with Crippen LogP contribution >= 0.6 is 0 Å². The van der Waals surface area contributed by atoms with Gasteiger partial charge in [-0.3, -0.25) is 4.79 Å². The van der Waals surface area contributed by atoms with Gasteiger partial charge in [0.05, 0.1) is 12.0 Å². The fraction of sp³-hybridized carbons (Fsp3) is 0.818. The Balaban J connectivity index is 1.97. The van der Waals surface area contributed by atoms with Gasteiger partial charge in [0.15, 0.2) is 0 Å². The molecule has 2 fully saturated rings. The van der Waals surface area contributed by atoms with Crippen molar-refractivity contribution in [1.29, 1.82) is 0 Å². The van der Waals surface area contributed by atoms with Gasteiger partial charge in [-0.2, -0.15) is 0 Å². The van der Waals surface area contributed by atoms with E-state index in [0.29, 0.717) is 6.54 Å². The molecule has 3 atom stereocenters. The first kappa shape index (κ1) is 11.2. The molecule has 5 nitrogen and oxygen atoms in total. The summed E-state index contributed by atoms with van der Waals surface area (Å²) in [4.78, 5) is 24.2. The van der Waals surface area contributed by atoms with Crippen LogP contribution in [0.2, 0.25) is 0 Å². The zero-order chi connectivity index (χ0) is 12.1. The minimum absolute atomic E-state index is 0.132. The molecule has 16 heavy (non-hydrogen) atoms. The highest BCUT2D eigenvalue weighted by Gasteiger charge is 2.63. The van der Waals surface area contributed by atoms with E-state index >= 15 is 0 Å². The van der Waals surface area contributed by atoms with Crippen molar-refractivity contribution in [2.45, 2.75) is 38.8 Å². The average molecular weight is 227 g/mol. The summed E-state index contributed by atoms with van der Waals surface area (Å²) in [5, 5.41) is 8.91. The third-order valence-electron chi connectivity index (χ3n) is 3.10. The van der Waals surface area contributed by atoms with Crippen molar-refractivity contribution in [3.63, 3.8) is 0 Å². The van der Waals surface area contributed by atoms with E-state index in [1.807, 2.05) is 0 Å². The van der Waals surface area contributed by atoms with Crippen molar-refractivity contribution in [1.82, 2.24) is 4.90 Å². The molecule has 0 aromatic carbocycles. The molecule has 1 saturated heterocycles. The number of hydrogen-bond donors (Lipinski definition) is 1. The van der Waals surface area contributed by atoms with Crippen molar-refractivity contribution >= 4 is 12.1 Å². The molecule has 5 heteroatoms. The van der Waals surface area contributed by atoms with Crippen molar-refractivity contribution in [3.05, 3.63) is 0 Å². The number of rotatable bonds is 1. The molecule has 2 aliphatic rings.